The molecule has 0 atom stereocenters. The van der Waals surface area contributed by atoms with Crippen molar-refractivity contribution in [1.29, 1.82) is 0 Å². The lowest BCUT2D eigenvalue weighted by molar-refractivity contribution is -0.138. The summed E-state index contributed by atoms with van der Waals surface area (Å²) in [6.07, 6.45) is -3.96. The third-order valence-electron chi connectivity index (χ3n) is 1.77. The number of pyridine rings is 1. The molecule has 8 heteroatoms. The number of primary amides is 1. The van der Waals surface area contributed by atoms with Crippen LogP contribution in [-0.2, 0) is 13.2 Å². The molecule has 3 N–H and O–H groups in total. The number of hydrogen-bond donors (Lipinski definition) is 2. The zero-order chi connectivity index (χ0) is 12.5. The number of hydrogen-bond acceptors (Lipinski definition) is 2. The maximum absolute atomic E-state index is 12.4. The molecule has 0 aliphatic heterocycles. The summed E-state index contributed by atoms with van der Waals surface area (Å²) in [5.74, 6) is 0. The molecular formula is C8H8F3N3O2. The fraction of sp³-hybridized carbons (Fsp3) is 0.250. The van der Waals surface area contributed by atoms with Crippen LogP contribution in [0.4, 0.5) is 23.7 Å². The summed E-state index contributed by atoms with van der Waals surface area (Å²) in [5, 5.41) is 1.83. The van der Waals surface area contributed by atoms with E-state index in [4.69, 9.17) is 5.73 Å². The van der Waals surface area contributed by atoms with Gasteiger partial charge in [0, 0.05) is 13.2 Å². The van der Waals surface area contributed by atoms with E-state index in [-0.39, 0.29) is 0 Å². The number of carbonyl (C=O) groups excluding carboxylic acids is 1. The number of aromatic nitrogens is 1. The number of urea groups is 1. The Hall–Kier alpha value is -1.99. The molecule has 1 heterocycles. The first kappa shape index (κ1) is 12.1. The highest BCUT2D eigenvalue weighted by molar-refractivity contribution is 5.87. The molecule has 1 aromatic heterocycles. The lowest BCUT2D eigenvalue weighted by Gasteiger charge is -2.10. The van der Waals surface area contributed by atoms with Gasteiger partial charge in [-0.25, -0.2) is 4.79 Å². The number of rotatable bonds is 1. The van der Waals surface area contributed by atoms with E-state index in [9.17, 15) is 22.8 Å². The number of carbonyl (C=O) groups is 1. The Morgan fingerprint density at radius 2 is 2.06 bits per heavy atom. The van der Waals surface area contributed by atoms with Gasteiger partial charge in [0.15, 0.2) is 0 Å². The van der Waals surface area contributed by atoms with Gasteiger partial charge >= 0.3 is 12.2 Å². The summed E-state index contributed by atoms with van der Waals surface area (Å²) in [4.78, 5) is 21.8. The third-order valence-corrected chi connectivity index (χ3v) is 1.77. The van der Waals surface area contributed by atoms with Gasteiger partial charge in [-0.1, -0.05) is 0 Å². The van der Waals surface area contributed by atoms with Gasteiger partial charge in [-0.15, -0.1) is 0 Å². The number of anilines is 1. The monoisotopic (exact) mass is 235 g/mol. The van der Waals surface area contributed by atoms with Gasteiger partial charge in [0.05, 0.1) is 5.56 Å². The minimum absolute atomic E-state index is 0.509. The Kier molecular flexibility index (Phi) is 2.92. The normalized spacial score (nSPS) is 11.2. The Bertz CT molecular complexity index is 478. The maximum atomic E-state index is 12.4. The fourth-order valence-corrected chi connectivity index (χ4v) is 1.09. The number of nitrogens with one attached hydrogen (secondary N) is 1. The average molecular weight is 235 g/mol. The highest BCUT2D eigenvalue weighted by Gasteiger charge is 2.32. The van der Waals surface area contributed by atoms with Crippen molar-refractivity contribution in [2.75, 3.05) is 5.32 Å². The number of halogens is 3. The molecule has 0 unspecified atom stereocenters. The number of alkyl halides is 3. The highest BCUT2D eigenvalue weighted by Crippen LogP contribution is 2.29. The van der Waals surface area contributed by atoms with Crippen LogP contribution in [0.25, 0.3) is 0 Å². The van der Waals surface area contributed by atoms with E-state index in [0.29, 0.717) is 16.8 Å². The number of aryl methyl sites for hydroxylation is 1. The highest BCUT2D eigenvalue weighted by atomic mass is 19.4. The first-order valence-corrected chi connectivity index (χ1v) is 4.06. The Labute approximate surface area is 87.7 Å². The van der Waals surface area contributed by atoms with Crippen molar-refractivity contribution in [2.45, 2.75) is 6.18 Å². The summed E-state index contributed by atoms with van der Waals surface area (Å²) in [6, 6.07) is -0.566. The van der Waals surface area contributed by atoms with Crippen LogP contribution in [0.5, 0.6) is 0 Å². The van der Waals surface area contributed by atoms with E-state index in [1.807, 2.05) is 5.32 Å². The second-order valence-electron chi connectivity index (χ2n) is 3.05. The van der Waals surface area contributed by atoms with Gasteiger partial charge in [-0.2, -0.15) is 13.2 Å². The van der Waals surface area contributed by atoms with Crippen LogP contribution in [0.1, 0.15) is 5.56 Å². The van der Waals surface area contributed by atoms with Gasteiger partial charge in [0.2, 0.25) is 0 Å². The predicted molar refractivity (Wildman–Crippen MR) is 49.9 cm³/mol. The lowest BCUT2D eigenvalue weighted by Crippen LogP contribution is -2.28. The Balaban J connectivity index is 3.33. The molecule has 0 spiro atoms. The standard InChI is InChI=1S/C8H8F3N3O2/c1-14-3-4(8(9,10)11)2-5(6(14)15)13-7(12)16/h2-3H,1H3,(H3,12,13,16). The molecule has 0 aromatic carbocycles. The number of nitrogens with two attached hydrogens (primary N) is 1. The second-order valence-corrected chi connectivity index (χ2v) is 3.05. The zero-order valence-corrected chi connectivity index (χ0v) is 8.13. The van der Waals surface area contributed by atoms with E-state index in [1.165, 1.54) is 0 Å². The first-order valence-electron chi connectivity index (χ1n) is 4.06. The van der Waals surface area contributed by atoms with Crippen molar-refractivity contribution in [1.82, 2.24) is 4.57 Å². The van der Waals surface area contributed by atoms with Crippen LogP contribution in [-0.4, -0.2) is 10.6 Å². The fourth-order valence-electron chi connectivity index (χ4n) is 1.09. The first-order chi connectivity index (χ1) is 7.21. The van der Waals surface area contributed by atoms with Crippen LogP contribution in [0.2, 0.25) is 0 Å². The van der Waals surface area contributed by atoms with Gasteiger partial charge in [0.25, 0.3) is 5.56 Å². The summed E-state index contributed by atoms with van der Waals surface area (Å²) in [7, 11) is 1.14. The average Bonchev–Trinajstić information content (AvgIpc) is 2.10. The zero-order valence-electron chi connectivity index (χ0n) is 8.13. The topological polar surface area (TPSA) is 77.1 Å². The minimum atomic E-state index is -4.60. The van der Waals surface area contributed by atoms with E-state index >= 15 is 0 Å². The molecule has 0 bridgehead atoms. The van der Waals surface area contributed by atoms with Crippen molar-refractivity contribution in [3.8, 4) is 0 Å². The van der Waals surface area contributed by atoms with Gasteiger partial charge in [-0.3, -0.25) is 4.79 Å². The lowest BCUT2D eigenvalue weighted by atomic mass is 10.2. The van der Waals surface area contributed by atoms with E-state index in [0.717, 1.165) is 7.05 Å². The molecule has 0 saturated heterocycles. The van der Waals surface area contributed by atoms with Crippen molar-refractivity contribution >= 4 is 11.7 Å². The van der Waals surface area contributed by atoms with Crippen LogP contribution in [0.3, 0.4) is 0 Å². The van der Waals surface area contributed by atoms with Gasteiger partial charge < -0.3 is 15.6 Å². The molecule has 16 heavy (non-hydrogen) atoms. The van der Waals surface area contributed by atoms with Gasteiger partial charge in [0.1, 0.15) is 5.69 Å². The molecule has 0 aliphatic rings. The molecule has 1 rings (SSSR count). The molecular weight excluding hydrogens is 227 g/mol. The summed E-state index contributed by atoms with van der Waals surface area (Å²) in [6.45, 7) is 0. The smallest absolute Gasteiger partial charge is 0.351 e. The van der Waals surface area contributed by atoms with E-state index < -0.39 is 29.0 Å². The third kappa shape index (κ3) is 2.53. The summed E-state index contributed by atoms with van der Waals surface area (Å²) < 4.78 is 37.8. The van der Waals surface area contributed by atoms with Crippen molar-refractivity contribution in [3.05, 3.63) is 28.2 Å². The van der Waals surface area contributed by atoms with E-state index in [1.54, 1.807) is 0 Å². The molecule has 88 valence electrons. The SMILES string of the molecule is Cn1cc(C(F)(F)F)cc(NC(N)=O)c1=O. The predicted octanol–water partition coefficient (Wildman–Crippen LogP) is 0.895. The number of amides is 2. The summed E-state index contributed by atoms with van der Waals surface area (Å²) >= 11 is 0. The van der Waals surface area contributed by atoms with Crippen molar-refractivity contribution in [3.63, 3.8) is 0 Å². The van der Waals surface area contributed by atoms with Crippen molar-refractivity contribution < 1.29 is 18.0 Å². The largest absolute Gasteiger partial charge is 0.417 e. The minimum Gasteiger partial charge on any atom is -0.351 e. The molecule has 0 radical (unpaired) electrons. The Morgan fingerprint density at radius 3 is 2.50 bits per heavy atom. The van der Waals surface area contributed by atoms with Crippen LogP contribution >= 0.6 is 0 Å². The summed E-state index contributed by atoms with van der Waals surface area (Å²) in [5.41, 5.74) is 2.40. The molecule has 1 aromatic rings. The molecule has 5 nitrogen and oxygen atoms in total. The second kappa shape index (κ2) is 3.87. The van der Waals surface area contributed by atoms with Crippen LogP contribution in [0, 0.1) is 0 Å². The molecule has 0 saturated carbocycles. The van der Waals surface area contributed by atoms with Gasteiger partial charge in [-0.05, 0) is 6.07 Å². The quantitative estimate of drug-likeness (QED) is 0.758. The molecule has 0 fully saturated rings. The Morgan fingerprint density at radius 1 is 1.50 bits per heavy atom. The van der Waals surface area contributed by atoms with Crippen LogP contribution in [0.15, 0.2) is 17.1 Å². The van der Waals surface area contributed by atoms with Crippen molar-refractivity contribution in [2.24, 2.45) is 12.8 Å². The molecule has 2 amide bonds. The number of nitrogens with zero attached hydrogens (tertiary/aromatic N) is 1. The van der Waals surface area contributed by atoms with Crippen LogP contribution < -0.4 is 16.6 Å². The molecule has 0 aliphatic carbocycles. The maximum Gasteiger partial charge on any atom is 0.417 e. The van der Waals surface area contributed by atoms with E-state index in [2.05, 4.69) is 0 Å².